The van der Waals surface area contributed by atoms with E-state index >= 15 is 0 Å². The molecule has 1 aromatic heterocycles. The van der Waals surface area contributed by atoms with Gasteiger partial charge in [-0.05, 0) is 12.8 Å². The molecule has 0 saturated heterocycles. The molecule has 8 heteroatoms. The number of hydrogen-bond donors (Lipinski definition) is 0. The average molecular weight is 301 g/mol. The van der Waals surface area contributed by atoms with Gasteiger partial charge in [0.05, 0.1) is 0 Å². The first-order valence-corrected chi connectivity index (χ1v) is 7.95. The Morgan fingerprint density at radius 1 is 1.20 bits per heavy atom. The van der Waals surface area contributed by atoms with Crippen LogP contribution >= 0.6 is 0 Å². The van der Waals surface area contributed by atoms with E-state index in [1.54, 1.807) is 0 Å². The van der Waals surface area contributed by atoms with E-state index in [9.17, 15) is 18.0 Å². The lowest BCUT2D eigenvalue weighted by molar-refractivity contribution is 0.371. The van der Waals surface area contributed by atoms with Gasteiger partial charge < -0.3 is 4.57 Å². The molecule has 1 heterocycles. The van der Waals surface area contributed by atoms with Gasteiger partial charge in [-0.25, -0.2) is 13.2 Å². The van der Waals surface area contributed by atoms with Gasteiger partial charge in [0.25, 0.3) is 5.56 Å². The summed E-state index contributed by atoms with van der Waals surface area (Å²) in [5.74, 6) is 0. The molecule has 0 N–H and O–H groups in total. The topological polar surface area (TPSA) is 81.4 Å². The van der Waals surface area contributed by atoms with Gasteiger partial charge >= 0.3 is 5.69 Å². The third-order valence-corrected chi connectivity index (χ3v) is 5.80. The molecular formula is C12H19N3O4S. The molecule has 0 unspecified atom stereocenters. The molecule has 1 aliphatic carbocycles. The van der Waals surface area contributed by atoms with Gasteiger partial charge in [0.1, 0.15) is 0 Å². The second-order valence-electron chi connectivity index (χ2n) is 5.21. The van der Waals surface area contributed by atoms with Crippen molar-refractivity contribution >= 4 is 10.0 Å². The van der Waals surface area contributed by atoms with Gasteiger partial charge in [0.2, 0.25) is 10.0 Å². The fraction of sp³-hybridized carbons (Fsp3) is 0.667. The minimum Gasteiger partial charge on any atom is -0.302 e. The standard InChI is InChI=1S/C12H19N3O4S/c1-13-8-10(11(16)14(2)12(13)17)20(18,19)15(3)9-6-4-5-7-9/h8-9H,4-7H2,1-3H3. The summed E-state index contributed by atoms with van der Waals surface area (Å²) in [6.07, 6.45) is 4.71. The number of aromatic nitrogens is 2. The lowest BCUT2D eigenvalue weighted by Gasteiger charge is -2.23. The average Bonchev–Trinajstić information content (AvgIpc) is 2.93. The molecule has 0 spiro atoms. The molecule has 7 nitrogen and oxygen atoms in total. The molecular weight excluding hydrogens is 282 g/mol. The van der Waals surface area contributed by atoms with Crippen molar-refractivity contribution in [3.63, 3.8) is 0 Å². The van der Waals surface area contributed by atoms with Crippen molar-refractivity contribution in [2.45, 2.75) is 36.6 Å². The van der Waals surface area contributed by atoms with Crippen LogP contribution in [0.4, 0.5) is 0 Å². The Hall–Kier alpha value is -1.41. The molecule has 112 valence electrons. The number of rotatable bonds is 3. The molecule has 0 aliphatic heterocycles. The van der Waals surface area contributed by atoms with Crippen molar-refractivity contribution in [2.75, 3.05) is 7.05 Å². The Morgan fingerprint density at radius 2 is 1.75 bits per heavy atom. The summed E-state index contributed by atoms with van der Waals surface area (Å²) < 4.78 is 28.3. The monoisotopic (exact) mass is 301 g/mol. The third kappa shape index (κ3) is 2.33. The summed E-state index contributed by atoms with van der Waals surface area (Å²) in [5, 5.41) is 0. The van der Waals surface area contributed by atoms with E-state index in [4.69, 9.17) is 0 Å². The largest absolute Gasteiger partial charge is 0.330 e. The zero-order chi connectivity index (χ0) is 15.1. The SMILES string of the molecule is CN(C1CCCC1)S(=O)(=O)c1cn(C)c(=O)n(C)c1=O. The summed E-state index contributed by atoms with van der Waals surface area (Å²) in [7, 11) is 0.325. The maximum absolute atomic E-state index is 12.6. The predicted octanol–water partition coefficient (Wildman–Crippen LogP) is -0.353. The summed E-state index contributed by atoms with van der Waals surface area (Å²) in [6.45, 7) is 0. The fourth-order valence-electron chi connectivity index (χ4n) is 2.57. The lowest BCUT2D eigenvalue weighted by atomic mass is 10.3. The molecule has 1 aliphatic rings. The van der Waals surface area contributed by atoms with Crippen molar-refractivity contribution in [2.24, 2.45) is 14.1 Å². The van der Waals surface area contributed by atoms with Gasteiger partial charge in [-0.15, -0.1) is 0 Å². The molecule has 0 bridgehead atoms. The van der Waals surface area contributed by atoms with Crippen LogP contribution in [0.3, 0.4) is 0 Å². The number of nitrogens with zero attached hydrogens (tertiary/aromatic N) is 3. The quantitative estimate of drug-likeness (QED) is 0.764. The summed E-state index contributed by atoms with van der Waals surface area (Å²) in [6, 6.07) is -0.0676. The molecule has 1 aromatic rings. The Kier molecular flexibility index (Phi) is 3.88. The van der Waals surface area contributed by atoms with Gasteiger partial charge in [0, 0.05) is 33.4 Å². The Labute approximate surface area is 117 Å². The van der Waals surface area contributed by atoms with Crippen LogP contribution in [0.2, 0.25) is 0 Å². The second-order valence-corrected chi connectivity index (χ2v) is 7.18. The molecule has 0 radical (unpaired) electrons. The molecule has 1 saturated carbocycles. The summed E-state index contributed by atoms with van der Waals surface area (Å²) in [5.41, 5.74) is -1.32. The van der Waals surface area contributed by atoms with Crippen molar-refractivity contribution in [3.05, 3.63) is 27.0 Å². The molecule has 2 rings (SSSR count). The van der Waals surface area contributed by atoms with Crippen molar-refractivity contribution in [3.8, 4) is 0 Å². The normalized spacial score (nSPS) is 17.0. The van der Waals surface area contributed by atoms with E-state index in [-0.39, 0.29) is 10.9 Å². The first-order valence-electron chi connectivity index (χ1n) is 6.51. The molecule has 0 amide bonds. The smallest absolute Gasteiger partial charge is 0.302 e. The highest BCUT2D eigenvalue weighted by molar-refractivity contribution is 7.89. The van der Waals surface area contributed by atoms with Crippen LogP contribution in [0, 0.1) is 0 Å². The third-order valence-electron chi connectivity index (χ3n) is 3.91. The van der Waals surface area contributed by atoms with E-state index in [1.165, 1.54) is 25.4 Å². The second kappa shape index (κ2) is 5.17. The van der Waals surface area contributed by atoms with E-state index in [0.29, 0.717) is 0 Å². The van der Waals surface area contributed by atoms with Crippen LogP contribution in [-0.2, 0) is 24.1 Å². The van der Waals surface area contributed by atoms with E-state index < -0.39 is 21.3 Å². The predicted molar refractivity (Wildman–Crippen MR) is 74.1 cm³/mol. The van der Waals surface area contributed by atoms with Crippen LogP contribution in [0.5, 0.6) is 0 Å². The first kappa shape index (κ1) is 15.0. The van der Waals surface area contributed by atoms with E-state index in [2.05, 4.69) is 0 Å². The van der Waals surface area contributed by atoms with Crippen LogP contribution in [0.25, 0.3) is 0 Å². The zero-order valence-electron chi connectivity index (χ0n) is 11.9. The molecule has 0 atom stereocenters. The Bertz CT molecular complexity index is 726. The fourth-order valence-corrected chi connectivity index (χ4v) is 4.13. The Morgan fingerprint density at radius 3 is 2.30 bits per heavy atom. The van der Waals surface area contributed by atoms with Gasteiger partial charge in [-0.1, -0.05) is 12.8 Å². The van der Waals surface area contributed by atoms with Gasteiger partial charge in [-0.3, -0.25) is 9.36 Å². The number of hydrogen-bond acceptors (Lipinski definition) is 4. The van der Waals surface area contributed by atoms with Crippen molar-refractivity contribution in [1.82, 2.24) is 13.4 Å². The molecule has 1 fully saturated rings. The highest BCUT2D eigenvalue weighted by atomic mass is 32.2. The maximum atomic E-state index is 12.6. The lowest BCUT2D eigenvalue weighted by Crippen LogP contribution is -2.43. The van der Waals surface area contributed by atoms with Crippen molar-refractivity contribution in [1.29, 1.82) is 0 Å². The summed E-state index contributed by atoms with van der Waals surface area (Å²) >= 11 is 0. The summed E-state index contributed by atoms with van der Waals surface area (Å²) in [4.78, 5) is 23.3. The maximum Gasteiger partial charge on any atom is 0.330 e. The number of aryl methyl sites for hydroxylation is 1. The van der Waals surface area contributed by atoms with Gasteiger partial charge in [0.15, 0.2) is 4.90 Å². The highest BCUT2D eigenvalue weighted by Gasteiger charge is 2.32. The Balaban J connectivity index is 2.55. The molecule has 20 heavy (non-hydrogen) atoms. The number of sulfonamides is 1. The minimum atomic E-state index is -3.87. The van der Waals surface area contributed by atoms with Crippen molar-refractivity contribution < 1.29 is 8.42 Å². The van der Waals surface area contributed by atoms with E-state index in [0.717, 1.165) is 41.0 Å². The first-order chi connectivity index (χ1) is 9.26. The zero-order valence-corrected chi connectivity index (χ0v) is 12.7. The van der Waals surface area contributed by atoms with Crippen LogP contribution in [0.15, 0.2) is 20.7 Å². The molecule has 0 aromatic carbocycles. The van der Waals surface area contributed by atoms with E-state index in [1.807, 2.05) is 0 Å². The van der Waals surface area contributed by atoms with Crippen LogP contribution in [0.1, 0.15) is 25.7 Å². The van der Waals surface area contributed by atoms with Gasteiger partial charge in [-0.2, -0.15) is 4.31 Å². The minimum absolute atomic E-state index is 0.0676. The highest BCUT2D eigenvalue weighted by Crippen LogP contribution is 2.26. The van der Waals surface area contributed by atoms with Crippen LogP contribution < -0.4 is 11.2 Å². The van der Waals surface area contributed by atoms with Crippen LogP contribution in [-0.4, -0.2) is 34.9 Å².